The summed E-state index contributed by atoms with van der Waals surface area (Å²) in [5.74, 6) is 0.0454. The number of nitrogens with zero attached hydrogens (tertiary/aromatic N) is 2. The quantitative estimate of drug-likeness (QED) is 0.487. The van der Waals surface area contributed by atoms with Crippen LogP contribution in [-0.2, 0) is 0 Å². The molecule has 1 N–H and O–H groups in total. The molecule has 6 heteroatoms. The molecule has 0 saturated carbocycles. The van der Waals surface area contributed by atoms with Gasteiger partial charge in [0.05, 0.1) is 18.1 Å². The Balaban J connectivity index is 1.56. The molecule has 1 aromatic heterocycles. The van der Waals surface area contributed by atoms with Crippen molar-refractivity contribution in [2.45, 2.75) is 6.92 Å². The van der Waals surface area contributed by atoms with Crippen molar-refractivity contribution in [3.05, 3.63) is 83.0 Å². The normalized spacial score (nSPS) is 10.7. The molecule has 4 rings (SSSR count). The number of carbonyl (C=O) groups is 1. The maximum absolute atomic E-state index is 12.6. The van der Waals surface area contributed by atoms with Crippen molar-refractivity contribution in [2.75, 3.05) is 12.4 Å². The number of aromatic nitrogens is 2. The Morgan fingerprint density at radius 2 is 1.72 bits per heavy atom. The zero-order valence-electron chi connectivity index (χ0n) is 15.9. The fourth-order valence-electron chi connectivity index (χ4n) is 3.13. The van der Waals surface area contributed by atoms with Gasteiger partial charge in [0.2, 0.25) is 0 Å². The first kappa shape index (κ1) is 18.9. The molecule has 0 radical (unpaired) electrons. The number of rotatable bonds is 4. The number of carbonyl (C=O) groups excluding carboxylic acids is 1. The number of halogens is 1. The first-order valence-corrected chi connectivity index (χ1v) is 9.41. The van der Waals surface area contributed by atoms with Gasteiger partial charge in [-0.05, 0) is 53.9 Å². The van der Waals surface area contributed by atoms with Crippen LogP contribution < -0.4 is 10.1 Å². The second kappa shape index (κ2) is 7.89. The van der Waals surface area contributed by atoms with Crippen LogP contribution in [0.15, 0.2) is 66.7 Å². The first-order chi connectivity index (χ1) is 14.0. The number of nitrogens with one attached hydrogen (secondary N) is 1. The molecule has 5 nitrogen and oxygen atoms in total. The number of aryl methyl sites for hydroxylation is 1. The molecule has 4 aromatic rings. The van der Waals surface area contributed by atoms with Crippen LogP contribution in [0.3, 0.4) is 0 Å². The summed E-state index contributed by atoms with van der Waals surface area (Å²) < 4.78 is 5.11. The Kier molecular flexibility index (Phi) is 5.14. The van der Waals surface area contributed by atoms with Crippen LogP contribution in [0.2, 0.25) is 5.15 Å². The van der Waals surface area contributed by atoms with Gasteiger partial charge in [0.1, 0.15) is 0 Å². The molecular weight excluding hydrogens is 386 g/mol. The Labute approximate surface area is 173 Å². The van der Waals surface area contributed by atoms with Gasteiger partial charge in [-0.15, -0.1) is 0 Å². The standard InChI is InChI=1S/C23H18ClN3O2/c1-14-5-3-4-6-18(14)15-7-9-16(10-8-15)22(28)25-17-11-12-19-20(13-17)27-23(29-2)21(24)26-19/h3-13H,1-2H3,(H,25,28). The van der Waals surface area contributed by atoms with Crippen molar-refractivity contribution >= 4 is 34.2 Å². The van der Waals surface area contributed by atoms with Crippen molar-refractivity contribution in [3.63, 3.8) is 0 Å². The number of methoxy groups -OCH3 is 1. The zero-order chi connectivity index (χ0) is 20.4. The van der Waals surface area contributed by atoms with Crippen LogP contribution in [-0.4, -0.2) is 23.0 Å². The fraction of sp³-hybridized carbons (Fsp3) is 0.0870. The monoisotopic (exact) mass is 403 g/mol. The summed E-state index contributed by atoms with van der Waals surface area (Å²) in [5.41, 5.74) is 5.81. The van der Waals surface area contributed by atoms with Crippen molar-refractivity contribution in [2.24, 2.45) is 0 Å². The topological polar surface area (TPSA) is 64.1 Å². The number of ether oxygens (including phenoxy) is 1. The van der Waals surface area contributed by atoms with Crippen LogP contribution in [0.5, 0.6) is 5.88 Å². The molecule has 1 amide bonds. The Morgan fingerprint density at radius 3 is 2.45 bits per heavy atom. The third-order valence-electron chi connectivity index (χ3n) is 4.65. The van der Waals surface area contributed by atoms with Gasteiger partial charge in [-0.1, -0.05) is 48.0 Å². The van der Waals surface area contributed by atoms with Gasteiger partial charge < -0.3 is 10.1 Å². The minimum absolute atomic E-state index is 0.199. The molecule has 0 bridgehead atoms. The molecule has 0 fully saturated rings. The van der Waals surface area contributed by atoms with Crippen LogP contribution in [0.4, 0.5) is 5.69 Å². The Morgan fingerprint density at radius 1 is 0.966 bits per heavy atom. The molecule has 0 aliphatic heterocycles. The molecule has 0 aliphatic rings. The minimum atomic E-state index is -0.199. The van der Waals surface area contributed by atoms with E-state index in [-0.39, 0.29) is 16.9 Å². The van der Waals surface area contributed by atoms with Gasteiger partial charge in [-0.3, -0.25) is 4.79 Å². The van der Waals surface area contributed by atoms with E-state index in [0.717, 1.165) is 11.1 Å². The summed E-state index contributed by atoms with van der Waals surface area (Å²) in [7, 11) is 1.48. The zero-order valence-corrected chi connectivity index (χ0v) is 16.7. The van der Waals surface area contributed by atoms with Gasteiger partial charge in [-0.2, -0.15) is 0 Å². The van der Waals surface area contributed by atoms with Crippen LogP contribution >= 0.6 is 11.6 Å². The van der Waals surface area contributed by atoms with E-state index in [1.165, 1.54) is 12.7 Å². The second-order valence-corrected chi connectivity index (χ2v) is 6.93. The van der Waals surface area contributed by atoms with Crippen molar-refractivity contribution in [1.29, 1.82) is 0 Å². The molecule has 0 saturated heterocycles. The summed E-state index contributed by atoms with van der Waals surface area (Å²) in [5, 5.41) is 3.09. The largest absolute Gasteiger partial charge is 0.479 e. The third kappa shape index (κ3) is 3.91. The van der Waals surface area contributed by atoms with E-state index >= 15 is 0 Å². The SMILES string of the molecule is COc1nc2cc(NC(=O)c3ccc(-c4ccccc4C)cc3)ccc2nc1Cl. The summed E-state index contributed by atoms with van der Waals surface area (Å²) in [6.07, 6.45) is 0. The molecule has 29 heavy (non-hydrogen) atoms. The summed E-state index contributed by atoms with van der Waals surface area (Å²) in [6, 6.07) is 21.0. The molecule has 0 aliphatic carbocycles. The molecular formula is C23H18ClN3O2. The van der Waals surface area contributed by atoms with E-state index in [1.807, 2.05) is 36.4 Å². The lowest BCUT2D eigenvalue weighted by molar-refractivity contribution is 0.102. The Bertz CT molecular complexity index is 1210. The maximum Gasteiger partial charge on any atom is 0.255 e. The number of fused-ring (bicyclic) bond motifs is 1. The van der Waals surface area contributed by atoms with Gasteiger partial charge in [0.25, 0.3) is 11.8 Å². The van der Waals surface area contributed by atoms with Gasteiger partial charge >= 0.3 is 0 Å². The summed E-state index contributed by atoms with van der Waals surface area (Å²) >= 11 is 6.01. The maximum atomic E-state index is 12.6. The summed E-state index contributed by atoms with van der Waals surface area (Å²) in [4.78, 5) is 21.2. The van der Waals surface area contributed by atoms with E-state index in [4.69, 9.17) is 16.3 Å². The predicted molar refractivity (Wildman–Crippen MR) is 116 cm³/mol. The van der Waals surface area contributed by atoms with Crippen LogP contribution in [0.1, 0.15) is 15.9 Å². The third-order valence-corrected chi connectivity index (χ3v) is 4.89. The molecule has 0 unspecified atom stereocenters. The van der Waals surface area contributed by atoms with Gasteiger partial charge in [0, 0.05) is 11.3 Å². The van der Waals surface area contributed by atoms with E-state index in [0.29, 0.717) is 22.3 Å². The van der Waals surface area contributed by atoms with Crippen molar-refractivity contribution in [3.8, 4) is 17.0 Å². The van der Waals surface area contributed by atoms with E-state index in [1.54, 1.807) is 18.2 Å². The average Bonchev–Trinajstić information content (AvgIpc) is 2.74. The lowest BCUT2D eigenvalue weighted by Crippen LogP contribution is -2.11. The number of hydrogen-bond acceptors (Lipinski definition) is 4. The first-order valence-electron chi connectivity index (χ1n) is 9.04. The smallest absolute Gasteiger partial charge is 0.255 e. The van der Waals surface area contributed by atoms with E-state index in [2.05, 4.69) is 34.3 Å². The van der Waals surface area contributed by atoms with Crippen molar-refractivity contribution < 1.29 is 9.53 Å². The van der Waals surface area contributed by atoms with Gasteiger partial charge in [-0.25, -0.2) is 9.97 Å². The molecule has 0 spiro atoms. The fourth-order valence-corrected chi connectivity index (χ4v) is 3.34. The highest BCUT2D eigenvalue weighted by Crippen LogP contribution is 2.26. The minimum Gasteiger partial charge on any atom is -0.479 e. The molecule has 1 heterocycles. The highest BCUT2D eigenvalue weighted by Gasteiger charge is 2.11. The van der Waals surface area contributed by atoms with Crippen molar-refractivity contribution in [1.82, 2.24) is 9.97 Å². The average molecular weight is 404 g/mol. The Hall–Kier alpha value is -3.44. The molecule has 0 atom stereocenters. The number of anilines is 1. The number of amides is 1. The molecule has 3 aromatic carbocycles. The predicted octanol–water partition coefficient (Wildman–Crippen LogP) is 5.52. The number of hydrogen-bond donors (Lipinski definition) is 1. The van der Waals surface area contributed by atoms with E-state index in [9.17, 15) is 4.79 Å². The highest BCUT2D eigenvalue weighted by molar-refractivity contribution is 6.31. The highest BCUT2D eigenvalue weighted by atomic mass is 35.5. The summed E-state index contributed by atoms with van der Waals surface area (Å²) in [6.45, 7) is 2.07. The lowest BCUT2D eigenvalue weighted by Gasteiger charge is -2.09. The van der Waals surface area contributed by atoms with E-state index < -0.39 is 0 Å². The number of benzene rings is 3. The lowest BCUT2D eigenvalue weighted by atomic mass is 9.99. The molecule has 144 valence electrons. The van der Waals surface area contributed by atoms with Gasteiger partial charge in [0.15, 0.2) is 5.15 Å². The second-order valence-electron chi connectivity index (χ2n) is 6.57. The van der Waals surface area contributed by atoms with Crippen LogP contribution in [0.25, 0.3) is 22.2 Å². The van der Waals surface area contributed by atoms with Crippen LogP contribution in [0, 0.1) is 6.92 Å².